The monoisotopic (exact) mass is 272 g/mol. The molecule has 19 heavy (non-hydrogen) atoms. The van der Waals surface area contributed by atoms with E-state index >= 15 is 0 Å². The van der Waals surface area contributed by atoms with Gasteiger partial charge in [-0.05, 0) is 30.6 Å². The van der Waals surface area contributed by atoms with Crippen LogP contribution in [0.25, 0.3) is 10.1 Å². The molecule has 0 aliphatic heterocycles. The normalized spacial score (nSPS) is 11.1. The Morgan fingerprint density at radius 1 is 1.37 bits per heavy atom. The van der Waals surface area contributed by atoms with Gasteiger partial charge < -0.3 is 5.32 Å². The number of thiophene rings is 1. The van der Waals surface area contributed by atoms with Gasteiger partial charge in [-0.25, -0.2) is 0 Å². The van der Waals surface area contributed by atoms with Gasteiger partial charge in [-0.2, -0.15) is 0 Å². The van der Waals surface area contributed by atoms with E-state index in [1.54, 1.807) is 0 Å². The van der Waals surface area contributed by atoms with Crippen molar-refractivity contribution in [2.24, 2.45) is 0 Å². The fraction of sp³-hybridized carbons (Fsp3) is 0.375. The molecule has 1 N–H and O–H groups in total. The summed E-state index contributed by atoms with van der Waals surface area (Å²) >= 11 is 1.88. The van der Waals surface area contributed by atoms with Crippen LogP contribution in [0.5, 0.6) is 0 Å². The number of terminal acetylenes is 1. The summed E-state index contributed by atoms with van der Waals surface area (Å²) < 4.78 is 1.36. The molecule has 1 aromatic heterocycles. The van der Waals surface area contributed by atoms with Crippen LogP contribution in [-0.2, 0) is 13.1 Å². The van der Waals surface area contributed by atoms with Crippen LogP contribution < -0.4 is 5.32 Å². The highest BCUT2D eigenvalue weighted by atomic mass is 32.1. The Balaban J connectivity index is 2.34. The Labute approximate surface area is 119 Å². The minimum Gasteiger partial charge on any atom is -0.312 e. The number of hydrogen-bond donors (Lipinski definition) is 1. The summed E-state index contributed by atoms with van der Waals surface area (Å²) in [5.74, 6) is 2.70. The van der Waals surface area contributed by atoms with Crippen molar-refractivity contribution < 1.29 is 0 Å². The standard InChI is InChI=1S/C16H20N2S/c1-4-10-18(3)12-14-13-8-6-7-9-15(13)19-16(14)11-17-5-2/h1,6-9,17H,5,10-12H2,2-3H3. The van der Waals surface area contributed by atoms with Crippen LogP contribution in [0.2, 0.25) is 0 Å². The smallest absolute Gasteiger partial charge is 0.0599 e. The van der Waals surface area contributed by atoms with Gasteiger partial charge in [0.15, 0.2) is 0 Å². The lowest BCUT2D eigenvalue weighted by atomic mass is 10.1. The maximum atomic E-state index is 5.39. The van der Waals surface area contributed by atoms with E-state index in [1.165, 1.54) is 20.5 Å². The Morgan fingerprint density at radius 3 is 2.89 bits per heavy atom. The molecule has 2 rings (SSSR count). The third kappa shape index (κ3) is 3.36. The van der Waals surface area contributed by atoms with Crippen molar-refractivity contribution >= 4 is 21.4 Å². The average Bonchev–Trinajstić information content (AvgIpc) is 2.75. The van der Waals surface area contributed by atoms with Crippen molar-refractivity contribution in [3.8, 4) is 12.3 Å². The number of benzene rings is 1. The molecule has 0 unspecified atom stereocenters. The maximum Gasteiger partial charge on any atom is 0.0599 e. The van der Waals surface area contributed by atoms with Crippen LogP contribution >= 0.6 is 11.3 Å². The molecule has 0 saturated heterocycles. The number of hydrogen-bond acceptors (Lipinski definition) is 3. The molecule has 0 spiro atoms. The molecular formula is C16H20N2S. The molecule has 2 aromatic rings. The molecule has 3 heteroatoms. The molecule has 1 aromatic carbocycles. The van der Waals surface area contributed by atoms with E-state index in [0.717, 1.165) is 19.6 Å². The molecule has 0 saturated carbocycles. The molecular weight excluding hydrogens is 252 g/mol. The van der Waals surface area contributed by atoms with E-state index in [9.17, 15) is 0 Å². The lowest BCUT2D eigenvalue weighted by Gasteiger charge is -2.14. The zero-order valence-corrected chi connectivity index (χ0v) is 12.4. The highest BCUT2D eigenvalue weighted by Gasteiger charge is 2.12. The Kier molecular flexibility index (Phi) is 4.98. The summed E-state index contributed by atoms with van der Waals surface area (Å²) in [5, 5.41) is 4.79. The molecule has 1 heterocycles. The van der Waals surface area contributed by atoms with E-state index in [4.69, 9.17) is 6.42 Å². The van der Waals surface area contributed by atoms with Crippen molar-refractivity contribution in [3.05, 3.63) is 34.7 Å². The van der Waals surface area contributed by atoms with Gasteiger partial charge in [0.1, 0.15) is 0 Å². The first-order valence-electron chi connectivity index (χ1n) is 6.58. The molecule has 0 amide bonds. The van der Waals surface area contributed by atoms with Crippen LogP contribution in [0.3, 0.4) is 0 Å². The second kappa shape index (κ2) is 6.72. The average molecular weight is 272 g/mol. The number of fused-ring (bicyclic) bond motifs is 1. The molecule has 0 aliphatic carbocycles. The summed E-state index contributed by atoms with van der Waals surface area (Å²) in [6.07, 6.45) is 5.39. The molecule has 0 fully saturated rings. The Morgan fingerprint density at radius 2 is 2.16 bits per heavy atom. The summed E-state index contributed by atoms with van der Waals surface area (Å²) in [6, 6.07) is 8.61. The fourth-order valence-electron chi connectivity index (χ4n) is 2.19. The van der Waals surface area contributed by atoms with Crippen molar-refractivity contribution in [1.82, 2.24) is 10.2 Å². The summed E-state index contributed by atoms with van der Waals surface area (Å²) in [5.41, 5.74) is 1.42. The van der Waals surface area contributed by atoms with Crippen molar-refractivity contribution in [2.75, 3.05) is 20.1 Å². The zero-order chi connectivity index (χ0) is 13.7. The van der Waals surface area contributed by atoms with Gasteiger partial charge in [0, 0.05) is 22.7 Å². The Hall–Kier alpha value is -1.34. The van der Waals surface area contributed by atoms with Gasteiger partial charge in [0.2, 0.25) is 0 Å². The molecule has 0 bridgehead atoms. The summed E-state index contributed by atoms with van der Waals surface area (Å²) in [4.78, 5) is 3.61. The van der Waals surface area contributed by atoms with Gasteiger partial charge in [0.05, 0.1) is 6.54 Å². The van der Waals surface area contributed by atoms with Crippen molar-refractivity contribution in [2.45, 2.75) is 20.0 Å². The van der Waals surface area contributed by atoms with E-state index in [2.05, 4.69) is 54.4 Å². The third-order valence-electron chi connectivity index (χ3n) is 3.11. The zero-order valence-electron chi connectivity index (χ0n) is 11.6. The van der Waals surface area contributed by atoms with Gasteiger partial charge in [-0.3, -0.25) is 4.90 Å². The minimum atomic E-state index is 0.685. The lowest BCUT2D eigenvalue weighted by Crippen LogP contribution is -2.19. The second-order valence-electron chi connectivity index (χ2n) is 4.66. The molecule has 100 valence electrons. The third-order valence-corrected chi connectivity index (χ3v) is 4.32. The second-order valence-corrected chi connectivity index (χ2v) is 5.79. The summed E-state index contributed by atoms with van der Waals surface area (Å²) in [7, 11) is 2.07. The fourth-order valence-corrected chi connectivity index (χ4v) is 3.37. The predicted octanol–water partition coefficient (Wildman–Crippen LogP) is 3.08. The van der Waals surface area contributed by atoms with E-state index in [-0.39, 0.29) is 0 Å². The van der Waals surface area contributed by atoms with Crippen molar-refractivity contribution in [1.29, 1.82) is 0 Å². The molecule has 2 nitrogen and oxygen atoms in total. The predicted molar refractivity (Wildman–Crippen MR) is 84.4 cm³/mol. The maximum absolute atomic E-state index is 5.39. The lowest BCUT2D eigenvalue weighted by molar-refractivity contribution is 0.369. The number of nitrogens with zero attached hydrogens (tertiary/aromatic N) is 1. The van der Waals surface area contributed by atoms with E-state index in [0.29, 0.717) is 6.54 Å². The number of rotatable bonds is 6. The highest BCUT2D eigenvalue weighted by Crippen LogP contribution is 2.32. The first kappa shape index (κ1) is 14.1. The largest absolute Gasteiger partial charge is 0.312 e. The van der Waals surface area contributed by atoms with Gasteiger partial charge in [-0.1, -0.05) is 31.0 Å². The quantitative estimate of drug-likeness (QED) is 0.813. The van der Waals surface area contributed by atoms with Gasteiger partial charge in [0.25, 0.3) is 0 Å². The first-order chi connectivity index (χ1) is 9.26. The minimum absolute atomic E-state index is 0.685. The summed E-state index contributed by atoms with van der Waals surface area (Å²) in [6.45, 7) is 5.67. The van der Waals surface area contributed by atoms with Crippen LogP contribution in [0.4, 0.5) is 0 Å². The molecule has 0 aliphatic rings. The van der Waals surface area contributed by atoms with Crippen LogP contribution in [0.1, 0.15) is 17.4 Å². The van der Waals surface area contributed by atoms with E-state index < -0.39 is 0 Å². The molecule has 0 atom stereocenters. The first-order valence-corrected chi connectivity index (χ1v) is 7.40. The van der Waals surface area contributed by atoms with Crippen LogP contribution in [0, 0.1) is 12.3 Å². The van der Waals surface area contributed by atoms with Crippen LogP contribution in [0.15, 0.2) is 24.3 Å². The van der Waals surface area contributed by atoms with Gasteiger partial charge in [-0.15, -0.1) is 17.8 Å². The van der Waals surface area contributed by atoms with Crippen LogP contribution in [-0.4, -0.2) is 25.0 Å². The van der Waals surface area contributed by atoms with E-state index in [1.807, 2.05) is 11.3 Å². The number of nitrogens with one attached hydrogen (secondary N) is 1. The highest BCUT2D eigenvalue weighted by molar-refractivity contribution is 7.19. The topological polar surface area (TPSA) is 15.3 Å². The van der Waals surface area contributed by atoms with Crippen molar-refractivity contribution in [3.63, 3.8) is 0 Å². The SMILES string of the molecule is C#CCN(C)Cc1c(CNCC)sc2ccccc12. The van der Waals surface area contributed by atoms with Gasteiger partial charge >= 0.3 is 0 Å². The Bertz CT molecular complexity index is 580. The molecule has 0 radical (unpaired) electrons.